The van der Waals surface area contributed by atoms with Gasteiger partial charge in [-0.05, 0) is 39.4 Å². The highest BCUT2D eigenvalue weighted by molar-refractivity contribution is 5.79. The highest BCUT2D eigenvalue weighted by atomic mass is 16.5. The molecule has 1 rings (SSSR count). The number of carbonyl (C=O) groups is 1. The Kier molecular flexibility index (Phi) is 5.08. The molecule has 0 bridgehead atoms. The molecule has 0 aliphatic carbocycles. The normalized spacial score (nSPS) is 11.2. The molecule has 0 atom stereocenters. The molecule has 0 heterocycles. The van der Waals surface area contributed by atoms with Crippen LogP contribution in [0.2, 0.25) is 0 Å². The maximum absolute atomic E-state index is 11.9. The van der Waals surface area contributed by atoms with Crippen molar-refractivity contribution in [2.45, 2.75) is 32.9 Å². The molecule has 0 saturated carbocycles. The number of hydrogen-bond donors (Lipinski definition) is 0. The van der Waals surface area contributed by atoms with Crippen LogP contribution in [-0.2, 0) is 16.1 Å². The van der Waals surface area contributed by atoms with E-state index in [4.69, 9.17) is 10.00 Å². The molecule has 0 spiro atoms. The van der Waals surface area contributed by atoms with Gasteiger partial charge in [0.1, 0.15) is 5.54 Å². The largest absolute Gasteiger partial charge is 0.465 e. The lowest BCUT2D eigenvalue weighted by Gasteiger charge is -2.33. The molecule has 4 nitrogen and oxygen atoms in total. The van der Waals surface area contributed by atoms with Crippen LogP contribution in [0.4, 0.5) is 0 Å². The van der Waals surface area contributed by atoms with Crippen LogP contribution in [0.5, 0.6) is 0 Å². The first kappa shape index (κ1) is 15.2. The van der Waals surface area contributed by atoms with Gasteiger partial charge >= 0.3 is 5.97 Å². The zero-order valence-corrected chi connectivity index (χ0v) is 11.9. The summed E-state index contributed by atoms with van der Waals surface area (Å²) < 4.78 is 5.08. The molecule has 1 aromatic rings. The maximum atomic E-state index is 11.9. The summed E-state index contributed by atoms with van der Waals surface area (Å²) in [4.78, 5) is 13.8. The molecule has 19 heavy (non-hydrogen) atoms. The van der Waals surface area contributed by atoms with Crippen LogP contribution < -0.4 is 0 Å². The van der Waals surface area contributed by atoms with E-state index in [1.165, 1.54) is 0 Å². The lowest BCUT2D eigenvalue weighted by Crippen LogP contribution is -2.48. The SMILES string of the molecule is CCOC(=O)C(C)(C)N(C)Cc1ccccc1C#N. The van der Waals surface area contributed by atoms with E-state index in [0.29, 0.717) is 18.7 Å². The van der Waals surface area contributed by atoms with E-state index in [9.17, 15) is 4.79 Å². The summed E-state index contributed by atoms with van der Waals surface area (Å²) >= 11 is 0. The minimum atomic E-state index is -0.724. The monoisotopic (exact) mass is 260 g/mol. The number of carbonyl (C=O) groups excluding carboxylic acids is 1. The second kappa shape index (κ2) is 6.35. The van der Waals surface area contributed by atoms with Gasteiger partial charge in [0.25, 0.3) is 0 Å². The first-order valence-electron chi connectivity index (χ1n) is 6.30. The molecule has 0 radical (unpaired) electrons. The van der Waals surface area contributed by atoms with E-state index in [0.717, 1.165) is 5.56 Å². The van der Waals surface area contributed by atoms with Gasteiger partial charge in [0.15, 0.2) is 0 Å². The smallest absolute Gasteiger partial charge is 0.325 e. The third-order valence-electron chi connectivity index (χ3n) is 3.27. The molecule has 0 aromatic heterocycles. The number of nitriles is 1. The number of hydrogen-bond acceptors (Lipinski definition) is 4. The summed E-state index contributed by atoms with van der Waals surface area (Å²) in [6.07, 6.45) is 0. The van der Waals surface area contributed by atoms with Gasteiger partial charge in [-0.1, -0.05) is 18.2 Å². The van der Waals surface area contributed by atoms with Crippen LogP contribution in [0, 0.1) is 11.3 Å². The molecule has 0 aliphatic heterocycles. The van der Waals surface area contributed by atoms with Crippen molar-refractivity contribution in [3.63, 3.8) is 0 Å². The topological polar surface area (TPSA) is 53.3 Å². The molecule has 0 amide bonds. The standard InChI is InChI=1S/C15H20N2O2/c1-5-19-14(18)15(2,3)17(4)11-13-9-7-6-8-12(13)10-16/h6-9H,5,11H2,1-4H3. The minimum absolute atomic E-state index is 0.257. The van der Waals surface area contributed by atoms with Crippen LogP contribution in [0.25, 0.3) is 0 Å². The van der Waals surface area contributed by atoms with Gasteiger partial charge in [0.05, 0.1) is 18.2 Å². The average molecular weight is 260 g/mol. The summed E-state index contributed by atoms with van der Waals surface area (Å²) in [6.45, 7) is 6.32. The van der Waals surface area contributed by atoms with Crippen LogP contribution in [-0.4, -0.2) is 30.1 Å². The van der Waals surface area contributed by atoms with Crippen LogP contribution in [0.15, 0.2) is 24.3 Å². The highest BCUT2D eigenvalue weighted by Crippen LogP contribution is 2.19. The Morgan fingerprint density at radius 1 is 1.42 bits per heavy atom. The lowest BCUT2D eigenvalue weighted by atomic mass is 10.0. The van der Waals surface area contributed by atoms with E-state index < -0.39 is 5.54 Å². The molecular weight excluding hydrogens is 240 g/mol. The summed E-state index contributed by atoms with van der Waals surface area (Å²) in [5, 5.41) is 9.07. The Labute approximate surface area is 114 Å². The molecule has 102 valence electrons. The van der Waals surface area contributed by atoms with E-state index in [1.807, 2.05) is 44.0 Å². The van der Waals surface area contributed by atoms with Crippen molar-refractivity contribution < 1.29 is 9.53 Å². The van der Waals surface area contributed by atoms with Gasteiger partial charge < -0.3 is 4.74 Å². The van der Waals surface area contributed by atoms with Gasteiger partial charge in [-0.3, -0.25) is 9.69 Å². The number of likely N-dealkylation sites (N-methyl/N-ethyl adjacent to an activating group) is 1. The van der Waals surface area contributed by atoms with Gasteiger partial charge in [-0.25, -0.2) is 0 Å². The third-order valence-corrected chi connectivity index (χ3v) is 3.27. The second-order valence-electron chi connectivity index (χ2n) is 4.90. The fourth-order valence-corrected chi connectivity index (χ4v) is 1.68. The van der Waals surface area contributed by atoms with Gasteiger partial charge in [0.2, 0.25) is 0 Å². The van der Waals surface area contributed by atoms with Crippen LogP contribution >= 0.6 is 0 Å². The van der Waals surface area contributed by atoms with E-state index in [1.54, 1.807) is 13.0 Å². The number of esters is 1. The Morgan fingerprint density at radius 2 is 2.05 bits per heavy atom. The Balaban J connectivity index is 2.87. The Bertz CT molecular complexity index is 489. The van der Waals surface area contributed by atoms with Gasteiger partial charge in [0, 0.05) is 6.54 Å². The predicted octanol–water partition coefficient (Wildman–Crippen LogP) is 2.33. The Morgan fingerprint density at radius 3 is 2.63 bits per heavy atom. The average Bonchev–Trinajstić information content (AvgIpc) is 2.39. The summed E-state index contributed by atoms with van der Waals surface area (Å²) in [7, 11) is 1.85. The maximum Gasteiger partial charge on any atom is 0.325 e. The molecule has 0 aliphatic rings. The first-order valence-corrected chi connectivity index (χ1v) is 6.30. The number of ether oxygens (including phenoxy) is 1. The molecule has 4 heteroatoms. The fourth-order valence-electron chi connectivity index (χ4n) is 1.68. The van der Waals surface area contributed by atoms with Crippen molar-refractivity contribution in [1.82, 2.24) is 4.90 Å². The number of rotatable bonds is 5. The molecule has 0 unspecified atom stereocenters. The van der Waals surface area contributed by atoms with Crippen molar-refractivity contribution in [3.8, 4) is 6.07 Å². The highest BCUT2D eigenvalue weighted by Gasteiger charge is 2.33. The van der Waals surface area contributed by atoms with Crippen molar-refractivity contribution in [3.05, 3.63) is 35.4 Å². The van der Waals surface area contributed by atoms with Crippen molar-refractivity contribution in [2.24, 2.45) is 0 Å². The number of nitrogens with zero attached hydrogens (tertiary/aromatic N) is 2. The fraction of sp³-hybridized carbons (Fsp3) is 0.467. The zero-order valence-electron chi connectivity index (χ0n) is 11.9. The molecular formula is C15H20N2O2. The number of benzene rings is 1. The van der Waals surface area contributed by atoms with Crippen molar-refractivity contribution in [1.29, 1.82) is 5.26 Å². The van der Waals surface area contributed by atoms with Crippen molar-refractivity contribution in [2.75, 3.05) is 13.7 Å². The molecule has 0 fully saturated rings. The van der Waals surface area contributed by atoms with E-state index in [-0.39, 0.29) is 5.97 Å². The lowest BCUT2D eigenvalue weighted by molar-refractivity contribution is -0.155. The molecule has 1 aromatic carbocycles. The van der Waals surface area contributed by atoms with Crippen LogP contribution in [0.3, 0.4) is 0 Å². The van der Waals surface area contributed by atoms with Crippen LogP contribution in [0.1, 0.15) is 31.9 Å². The summed E-state index contributed by atoms with van der Waals surface area (Å²) in [5.74, 6) is -0.257. The summed E-state index contributed by atoms with van der Waals surface area (Å²) in [5.41, 5.74) is 0.817. The summed E-state index contributed by atoms with van der Waals surface area (Å²) in [6, 6.07) is 9.56. The molecule has 0 saturated heterocycles. The predicted molar refractivity (Wildman–Crippen MR) is 73.3 cm³/mol. The quantitative estimate of drug-likeness (QED) is 0.762. The second-order valence-corrected chi connectivity index (χ2v) is 4.90. The zero-order chi connectivity index (χ0) is 14.5. The first-order chi connectivity index (χ1) is 8.93. The Hall–Kier alpha value is -1.86. The van der Waals surface area contributed by atoms with E-state index >= 15 is 0 Å². The van der Waals surface area contributed by atoms with Crippen molar-refractivity contribution >= 4 is 5.97 Å². The van der Waals surface area contributed by atoms with Gasteiger partial charge in [-0.2, -0.15) is 5.26 Å². The van der Waals surface area contributed by atoms with Gasteiger partial charge in [-0.15, -0.1) is 0 Å². The van der Waals surface area contributed by atoms with E-state index in [2.05, 4.69) is 6.07 Å². The molecule has 0 N–H and O–H groups in total. The third kappa shape index (κ3) is 3.55. The minimum Gasteiger partial charge on any atom is -0.465 e.